The monoisotopic (exact) mass is 1300 g/mol. The molecule has 0 saturated heterocycles. The van der Waals surface area contributed by atoms with Crippen LogP contribution < -0.4 is 52.2 Å². The summed E-state index contributed by atoms with van der Waals surface area (Å²) in [6, 6.07) is 65.7. The van der Waals surface area contributed by atoms with Crippen molar-refractivity contribution in [1.29, 1.82) is 0 Å². The first kappa shape index (κ1) is 43.0. The Hall–Kier alpha value is -12.6. The average molecular weight is 1300 g/mol. The van der Waals surface area contributed by atoms with Crippen molar-refractivity contribution in [2.24, 2.45) is 0 Å². The van der Waals surface area contributed by atoms with E-state index in [9.17, 15) is 21.9 Å². The van der Waals surface area contributed by atoms with Crippen LogP contribution in [0.15, 0.2) is 333 Å². The largest absolute Gasteiger partial charge is 0.458 e. The Balaban J connectivity index is 1.07. The van der Waals surface area contributed by atoms with E-state index in [4.69, 9.17) is 6.11 Å². The van der Waals surface area contributed by atoms with E-state index in [1.165, 1.54) is 0 Å². The molecular formula is C94H64B2N4O. The molecule has 0 N–H and O–H groups in total. The standard InChI is InChI=1S/C94H64B2N4O/c1-94(2,3)66-56-79-85-80(57-66)100(91-70(63-37-18-8-19-38-63)45-27-46-71(91)64-39-20-9-21-40-64)81-58-82-88-93(87(81)95(85)74-53-51-65(59-29-10-4-11-30-59)55-78(74)99(79)90-68(61-33-14-6-15-34-61)43-26-44-69(90)62-35-16-7-17-36-62)97(75-47-24-22-41-67(75)60-31-12-5-13-32-60)77-49-28-50-83-86(77)96(88)89-84(101-83)54-52-73-72-42-23-25-48-76(72)98(82)92(73)89/h4-58H,1-3H3/i4D,10D,11D,23D,25D,28D,29D,30D,42D,48D,50D,51D,52D,53D,54D,55D,58D. The molecule has 7 heteroatoms. The average Bonchev–Trinajstić information content (AvgIpc) is 1.45. The van der Waals surface area contributed by atoms with Gasteiger partial charge in [0.05, 0.1) is 51.4 Å². The Kier molecular flexibility index (Phi) is 9.34. The quantitative estimate of drug-likeness (QED) is 0.134. The van der Waals surface area contributed by atoms with Gasteiger partial charge in [-0.25, -0.2) is 0 Å². The number of hydrogen-bond acceptors (Lipinski definition) is 4. The summed E-state index contributed by atoms with van der Waals surface area (Å²) >= 11 is 0. The first-order valence-electron chi connectivity index (χ1n) is 42.4. The number of anilines is 9. The molecule has 101 heavy (non-hydrogen) atoms. The van der Waals surface area contributed by atoms with Crippen LogP contribution in [0.4, 0.5) is 51.2 Å². The van der Waals surface area contributed by atoms with E-state index in [0.717, 1.165) is 33.4 Å². The summed E-state index contributed by atoms with van der Waals surface area (Å²) in [6.07, 6.45) is 0. The predicted octanol–water partition coefficient (Wildman–Crippen LogP) is 20.9. The first-order valence-corrected chi connectivity index (χ1v) is 33.9. The SMILES string of the molecule is [2H]c1cc2c3c(c1[2H])Oc1c([2H])c([2H])c4c5c([2H])c([2H])c([2H])c([2H])c5n5c4c1B3c1c(c3c(c([2H])c1-5)N(c1c(-c4ccccc4)cccc1-c1ccccc1)c1cc(C(C)(C)C)cc4c1B3c1c([2H])c([2H])c(-c3c([2H])c([2H])c([2H])c([2H])c3[2H])c([2H])c1N4c1c(-c3ccccc3)cccc1-c1ccccc1)N2c1ccccc1-c1ccccc1. The molecule has 16 aromatic rings. The molecule has 0 aliphatic carbocycles. The van der Waals surface area contributed by atoms with Gasteiger partial charge in [0.2, 0.25) is 0 Å². The van der Waals surface area contributed by atoms with Crippen LogP contribution in [0.3, 0.4) is 0 Å². The molecule has 5 aliphatic heterocycles. The highest BCUT2D eigenvalue weighted by molar-refractivity contribution is 7.05. The third-order valence-electron chi connectivity index (χ3n) is 20.8. The van der Waals surface area contributed by atoms with E-state index in [0.29, 0.717) is 89.5 Å². The van der Waals surface area contributed by atoms with Crippen LogP contribution in [0, 0.1) is 0 Å². The topological polar surface area (TPSA) is 23.9 Å². The molecule has 21 rings (SSSR count). The van der Waals surface area contributed by atoms with E-state index in [2.05, 4.69) is 37.8 Å². The molecule has 5 nitrogen and oxygen atoms in total. The third kappa shape index (κ3) is 8.41. The molecule has 0 atom stereocenters. The van der Waals surface area contributed by atoms with Crippen LogP contribution in [-0.4, -0.2) is 18.0 Å². The van der Waals surface area contributed by atoms with Gasteiger partial charge in [-0.1, -0.05) is 293 Å². The van der Waals surface area contributed by atoms with Crippen molar-refractivity contribution in [3.05, 3.63) is 339 Å². The van der Waals surface area contributed by atoms with E-state index in [1.807, 2.05) is 222 Å². The molecule has 15 aromatic carbocycles. The summed E-state index contributed by atoms with van der Waals surface area (Å²) in [5.41, 5.74) is 11.5. The zero-order valence-corrected chi connectivity index (χ0v) is 54.8. The van der Waals surface area contributed by atoms with Gasteiger partial charge in [-0.05, 0) is 143 Å². The van der Waals surface area contributed by atoms with Crippen LogP contribution in [0.25, 0.3) is 94.3 Å². The van der Waals surface area contributed by atoms with Crippen LogP contribution in [0.1, 0.15) is 49.6 Å². The fraction of sp³-hybridized carbons (Fsp3) is 0.0426. The smallest absolute Gasteiger partial charge is 0.261 e. The van der Waals surface area contributed by atoms with Gasteiger partial charge in [-0.15, -0.1) is 0 Å². The summed E-state index contributed by atoms with van der Waals surface area (Å²) in [4.78, 5) is 6.16. The lowest BCUT2D eigenvalue weighted by Crippen LogP contribution is -2.67. The number of rotatable bonds is 9. The second kappa shape index (κ2) is 22.0. The van der Waals surface area contributed by atoms with Crippen molar-refractivity contribution in [2.45, 2.75) is 26.2 Å². The Morgan fingerprint density at radius 1 is 0.317 bits per heavy atom. The van der Waals surface area contributed by atoms with Crippen LogP contribution in [-0.2, 0) is 5.41 Å². The lowest BCUT2D eigenvalue weighted by atomic mass is 9.29. The number of nitrogens with zero attached hydrogens (tertiary/aromatic N) is 4. The minimum Gasteiger partial charge on any atom is -0.458 e. The molecule has 0 unspecified atom stereocenters. The van der Waals surface area contributed by atoms with Crippen molar-refractivity contribution in [3.8, 4) is 83.9 Å². The maximum atomic E-state index is 12.4. The van der Waals surface area contributed by atoms with Crippen LogP contribution >= 0.6 is 0 Å². The first-order chi connectivity index (χ1) is 56.9. The van der Waals surface area contributed by atoms with Crippen molar-refractivity contribution < 1.29 is 28.0 Å². The van der Waals surface area contributed by atoms with Crippen molar-refractivity contribution in [2.75, 3.05) is 14.7 Å². The number of ether oxygens (including phenoxy) is 1. The normalized spacial score (nSPS) is 15.6. The lowest BCUT2D eigenvalue weighted by molar-refractivity contribution is 0.488. The zero-order valence-electron chi connectivity index (χ0n) is 71.8. The van der Waals surface area contributed by atoms with E-state index in [-0.39, 0.29) is 79.4 Å². The number of benzene rings is 15. The second-order valence-electron chi connectivity index (χ2n) is 27.2. The predicted molar refractivity (Wildman–Crippen MR) is 426 cm³/mol. The fourth-order valence-corrected chi connectivity index (χ4v) is 16.5. The van der Waals surface area contributed by atoms with Gasteiger partial charge in [-0.2, -0.15) is 0 Å². The van der Waals surface area contributed by atoms with Crippen molar-refractivity contribution in [1.82, 2.24) is 4.57 Å². The van der Waals surface area contributed by atoms with Gasteiger partial charge < -0.3 is 24.0 Å². The maximum absolute atomic E-state index is 12.4. The van der Waals surface area contributed by atoms with Gasteiger partial charge >= 0.3 is 0 Å². The molecule has 0 spiro atoms. The number of fused-ring (bicyclic) bond motifs is 9. The lowest BCUT2D eigenvalue weighted by Gasteiger charge is -2.50. The summed E-state index contributed by atoms with van der Waals surface area (Å²) in [5, 5.41) is -0.0845. The minimum atomic E-state index is -1.44. The summed E-state index contributed by atoms with van der Waals surface area (Å²) in [7, 11) is 0. The Morgan fingerprint density at radius 3 is 1.42 bits per heavy atom. The molecule has 0 amide bonds. The highest BCUT2D eigenvalue weighted by atomic mass is 16.5. The van der Waals surface area contributed by atoms with E-state index >= 15 is 0 Å². The highest BCUT2D eigenvalue weighted by Gasteiger charge is 2.54. The van der Waals surface area contributed by atoms with Gasteiger partial charge in [0.1, 0.15) is 11.5 Å². The molecule has 0 radical (unpaired) electrons. The zero-order chi connectivity index (χ0) is 81.6. The number of para-hydroxylation sites is 4. The molecule has 1 aromatic heterocycles. The third-order valence-corrected chi connectivity index (χ3v) is 20.8. The Morgan fingerprint density at radius 2 is 0.822 bits per heavy atom. The van der Waals surface area contributed by atoms with Crippen LogP contribution in [0.5, 0.6) is 11.5 Å². The van der Waals surface area contributed by atoms with Crippen LogP contribution in [0.2, 0.25) is 0 Å². The Labute approximate surface area is 612 Å². The second-order valence-corrected chi connectivity index (χ2v) is 27.2. The summed E-state index contributed by atoms with van der Waals surface area (Å²) in [5.74, 6) is -0.267. The van der Waals surface area contributed by atoms with Crippen molar-refractivity contribution in [3.63, 3.8) is 0 Å². The van der Waals surface area contributed by atoms with Gasteiger partial charge in [0.25, 0.3) is 13.4 Å². The molecule has 472 valence electrons. The molecule has 0 saturated carbocycles. The van der Waals surface area contributed by atoms with Gasteiger partial charge in [0, 0.05) is 78.4 Å². The molecular weight excluding hydrogens is 1220 g/mol. The fourth-order valence-electron chi connectivity index (χ4n) is 16.5. The Bertz CT molecular complexity index is 7050. The molecule has 0 fully saturated rings. The molecule has 6 heterocycles. The van der Waals surface area contributed by atoms with Crippen molar-refractivity contribution >= 4 is 119 Å². The molecule has 5 aliphatic rings. The number of hydrogen-bond donors (Lipinski definition) is 0. The van der Waals surface area contributed by atoms with E-state index < -0.39 is 115 Å². The highest BCUT2D eigenvalue weighted by Crippen LogP contribution is 2.57. The summed E-state index contributed by atoms with van der Waals surface area (Å²) in [6.45, 7) is 3.63. The van der Waals surface area contributed by atoms with E-state index in [1.54, 1.807) is 10.6 Å². The molecule has 0 bridgehead atoms. The number of aromatic nitrogens is 1. The summed E-state index contributed by atoms with van der Waals surface area (Å²) < 4.78 is 182. The van der Waals surface area contributed by atoms with Gasteiger partial charge in [-0.3, -0.25) is 0 Å². The minimum absolute atomic E-state index is 0.0000446. The maximum Gasteiger partial charge on any atom is 0.261 e. The van der Waals surface area contributed by atoms with Gasteiger partial charge in [0.15, 0.2) is 0 Å².